The van der Waals surface area contributed by atoms with E-state index in [1.165, 1.54) is 22.0 Å². The number of allylic oxidation sites excluding steroid dienone is 1. The molecule has 0 saturated heterocycles. The molecule has 0 unspecified atom stereocenters. The number of nitrogens with zero attached hydrogens (tertiary/aromatic N) is 5. The van der Waals surface area contributed by atoms with Crippen LogP contribution >= 0.6 is 0 Å². The summed E-state index contributed by atoms with van der Waals surface area (Å²) in [5, 5.41) is 17.8. The number of pyridine rings is 1. The number of benzene rings is 1. The molecule has 0 radical (unpaired) electrons. The molecule has 3 N–H and O–H groups in total. The van der Waals surface area contributed by atoms with Crippen molar-refractivity contribution in [3.8, 4) is 5.82 Å². The van der Waals surface area contributed by atoms with Gasteiger partial charge in [-0.05, 0) is 56.2 Å². The molecule has 1 aliphatic heterocycles. The highest BCUT2D eigenvalue weighted by molar-refractivity contribution is 5.77. The van der Waals surface area contributed by atoms with Crippen LogP contribution in [-0.4, -0.2) is 36.0 Å². The first-order valence-corrected chi connectivity index (χ1v) is 12.4. The molecule has 0 fully saturated rings. The molecular formula is C28H33N7O2. The van der Waals surface area contributed by atoms with Gasteiger partial charge >= 0.3 is 0 Å². The van der Waals surface area contributed by atoms with Gasteiger partial charge in [-0.15, -0.1) is 6.58 Å². The van der Waals surface area contributed by atoms with Crippen LogP contribution in [0.4, 0.5) is 11.6 Å². The van der Waals surface area contributed by atoms with E-state index in [2.05, 4.69) is 60.1 Å². The molecule has 9 heteroatoms. The highest BCUT2D eigenvalue weighted by atomic mass is 16.3. The van der Waals surface area contributed by atoms with E-state index >= 15 is 0 Å². The highest BCUT2D eigenvalue weighted by Gasteiger charge is 2.30. The molecule has 4 heterocycles. The van der Waals surface area contributed by atoms with Crippen LogP contribution in [0.2, 0.25) is 0 Å². The van der Waals surface area contributed by atoms with Crippen LogP contribution in [0.15, 0.2) is 60.0 Å². The summed E-state index contributed by atoms with van der Waals surface area (Å²) in [7, 11) is 0. The Bertz CT molecular complexity index is 1560. The zero-order chi connectivity index (χ0) is 26.5. The molecule has 1 atom stereocenters. The van der Waals surface area contributed by atoms with Crippen LogP contribution in [0.3, 0.4) is 0 Å². The lowest BCUT2D eigenvalue weighted by Crippen LogP contribution is -2.40. The summed E-state index contributed by atoms with van der Waals surface area (Å²) < 4.78 is 3.17. The van der Waals surface area contributed by atoms with Crippen LogP contribution in [0.1, 0.15) is 57.5 Å². The van der Waals surface area contributed by atoms with Crippen molar-refractivity contribution in [2.75, 3.05) is 11.9 Å². The minimum atomic E-state index is -1.14. The Morgan fingerprint density at radius 3 is 2.78 bits per heavy atom. The molecule has 0 amide bonds. The van der Waals surface area contributed by atoms with Gasteiger partial charge in [-0.3, -0.25) is 4.79 Å². The van der Waals surface area contributed by atoms with E-state index in [4.69, 9.17) is 4.98 Å². The molecular weight excluding hydrogens is 466 g/mol. The number of fused-ring (bicyclic) bond motifs is 2. The van der Waals surface area contributed by atoms with Gasteiger partial charge in [0.25, 0.3) is 5.56 Å². The molecule has 1 aliphatic rings. The Morgan fingerprint density at radius 2 is 2.05 bits per heavy atom. The van der Waals surface area contributed by atoms with E-state index in [0.29, 0.717) is 28.5 Å². The molecule has 0 spiro atoms. The minimum Gasteiger partial charge on any atom is -0.384 e. The maximum atomic E-state index is 13.2. The van der Waals surface area contributed by atoms with E-state index in [-0.39, 0.29) is 23.6 Å². The van der Waals surface area contributed by atoms with Crippen LogP contribution in [0.5, 0.6) is 0 Å². The number of nitrogens with one attached hydrogen (secondary N) is 2. The highest BCUT2D eigenvalue weighted by Crippen LogP contribution is 2.36. The molecule has 37 heavy (non-hydrogen) atoms. The Labute approximate surface area is 215 Å². The van der Waals surface area contributed by atoms with Gasteiger partial charge < -0.3 is 15.7 Å². The number of aliphatic hydroxyl groups is 1. The van der Waals surface area contributed by atoms with Gasteiger partial charge in [0, 0.05) is 29.9 Å². The van der Waals surface area contributed by atoms with Crippen LogP contribution in [0, 0.1) is 0 Å². The maximum Gasteiger partial charge on any atom is 0.278 e. The molecule has 9 nitrogen and oxygen atoms in total. The average molecular weight is 500 g/mol. The van der Waals surface area contributed by atoms with Gasteiger partial charge in [0.05, 0.1) is 12.2 Å². The van der Waals surface area contributed by atoms with Crippen molar-refractivity contribution in [3.63, 3.8) is 0 Å². The first kappa shape index (κ1) is 24.9. The van der Waals surface area contributed by atoms with Gasteiger partial charge in [-0.2, -0.15) is 4.98 Å². The Kier molecular flexibility index (Phi) is 6.00. The van der Waals surface area contributed by atoms with Crippen molar-refractivity contribution in [2.45, 2.75) is 58.2 Å². The second-order valence-electron chi connectivity index (χ2n) is 10.8. The first-order valence-electron chi connectivity index (χ1n) is 12.4. The quantitative estimate of drug-likeness (QED) is 0.343. The Morgan fingerprint density at radius 1 is 1.27 bits per heavy atom. The first-order chi connectivity index (χ1) is 17.5. The van der Waals surface area contributed by atoms with Crippen molar-refractivity contribution in [1.29, 1.82) is 0 Å². The smallest absolute Gasteiger partial charge is 0.278 e. The maximum absolute atomic E-state index is 13.2. The van der Waals surface area contributed by atoms with Gasteiger partial charge in [-0.25, -0.2) is 19.3 Å². The van der Waals surface area contributed by atoms with Crippen LogP contribution in [0.25, 0.3) is 16.9 Å². The summed E-state index contributed by atoms with van der Waals surface area (Å²) in [6.07, 6.45) is 3.18. The fourth-order valence-electron chi connectivity index (χ4n) is 4.85. The lowest BCUT2D eigenvalue weighted by atomic mass is 9.77. The topological polar surface area (TPSA) is 110 Å². The summed E-state index contributed by atoms with van der Waals surface area (Å²) in [4.78, 5) is 27.0. The van der Waals surface area contributed by atoms with Gasteiger partial charge in [0.15, 0.2) is 11.5 Å². The third kappa shape index (κ3) is 4.45. The van der Waals surface area contributed by atoms with Crippen molar-refractivity contribution in [2.24, 2.45) is 0 Å². The summed E-state index contributed by atoms with van der Waals surface area (Å²) in [6, 6.07) is 11.9. The van der Waals surface area contributed by atoms with E-state index < -0.39 is 5.60 Å². The van der Waals surface area contributed by atoms with E-state index in [1.807, 2.05) is 6.07 Å². The Balaban J connectivity index is 1.61. The van der Waals surface area contributed by atoms with Crippen LogP contribution in [-0.2, 0) is 17.6 Å². The average Bonchev–Trinajstić information content (AvgIpc) is 3.12. The third-order valence-corrected chi connectivity index (χ3v) is 6.91. The molecule has 192 valence electrons. The molecule has 0 saturated carbocycles. The van der Waals surface area contributed by atoms with Crippen molar-refractivity contribution >= 4 is 22.7 Å². The van der Waals surface area contributed by atoms with Crippen molar-refractivity contribution < 1.29 is 5.11 Å². The standard InChI is InChI=1S/C28H33N7O2/c1-7-13-34-25(36)20-15-29-26(31-18-11-12-21-19(14-18)17(2)30-16-27(21,3)4)33-24(20)35(34)23-10-8-9-22(32-23)28(5,6)37/h7-12,14-15,17,30,37H,1,13,16H2,2-6H3,(H,29,31,33)/t17-/m0/s1. The summed E-state index contributed by atoms with van der Waals surface area (Å²) in [5.74, 6) is 0.834. The molecule has 0 bridgehead atoms. The van der Waals surface area contributed by atoms with E-state index in [9.17, 15) is 9.90 Å². The summed E-state index contributed by atoms with van der Waals surface area (Å²) in [5.41, 5.74) is 2.99. The monoisotopic (exact) mass is 499 g/mol. The van der Waals surface area contributed by atoms with Crippen molar-refractivity contribution in [1.82, 2.24) is 29.6 Å². The number of aromatic nitrogens is 5. The number of hydrogen-bond acceptors (Lipinski definition) is 7. The minimum absolute atomic E-state index is 0.0462. The van der Waals surface area contributed by atoms with Gasteiger partial charge in [-0.1, -0.05) is 32.1 Å². The van der Waals surface area contributed by atoms with Crippen LogP contribution < -0.4 is 16.2 Å². The second kappa shape index (κ2) is 8.93. The number of hydrogen-bond donors (Lipinski definition) is 3. The zero-order valence-electron chi connectivity index (χ0n) is 21.9. The predicted octanol–water partition coefficient (Wildman–Crippen LogP) is 4.08. The predicted molar refractivity (Wildman–Crippen MR) is 146 cm³/mol. The van der Waals surface area contributed by atoms with Gasteiger partial charge in [0.2, 0.25) is 5.95 Å². The van der Waals surface area contributed by atoms with Gasteiger partial charge in [0.1, 0.15) is 11.0 Å². The fourth-order valence-corrected chi connectivity index (χ4v) is 4.85. The molecule has 3 aromatic heterocycles. The molecule has 0 aliphatic carbocycles. The van der Waals surface area contributed by atoms with Crippen molar-refractivity contribution in [3.05, 3.63) is 82.4 Å². The van der Waals surface area contributed by atoms with E-state index in [0.717, 1.165) is 12.2 Å². The SMILES string of the molecule is C=CCn1c(=O)c2cnc(Nc3ccc4c(c3)[C@H](C)NCC4(C)C)nc2n1-c1cccc(C(C)(C)O)n1. The lowest BCUT2D eigenvalue weighted by Gasteiger charge is -2.37. The normalized spacial score (nSPS) is 17.0. The van der Waals surface area contributed by atoms with E-state index in [1.54, 1.807) is 42.8 Å². The fraction of sp³-hybridized carbons (Fsp3) is 0.357. The Hall–Kier alpha value is -3.82. The zero-order valence-corrected chi connectivity index (χ0v) is 21.9. The number of anilines is 2. The number of rotatable bonds is 6. The third-order valence-electron chi connectivity index (χ3n) is 6.91. The molecule has 4 aromatic rings. The largest absolute Gasteiger partial charge is 0.384 e. The second-order valence-corrected chi connectivity index (χ2v) is 10.8. The summed E-state index contributed by atoms with van der Waals surface area (Å²) in [6.45, 7) is 15.0. The molecule has 5 rings (SSSR count). The lowest BCUT2D eigenvalue weighted by molar-refractivity contribution is 0.0738. The summed E-state index contributed by atoms with van der Waals surface area (Å²) >= 11 is 0. The molecule has 1 aromatic carbocycles.